The maximum Gasteiger partial charge on any atom is 0.413 e. The molecule has 2 aromatic heterocycles. The second kappa shape index (κ2) is 6.64. The fourth-order valence-corrected chi connectivity index (χ4v) is 1.58. The molecule has 2 rings (SSSR count). The van der Waals surface area contributed by atoms with Crippen molar-refractivity contribution in [3.8, 4) is 11.6 Å². The third-order valence-corrected chi connectivity index (χ3v) is 2.40. The van der Waals surface area contributed by atoms with Crippen molar-refractivity contribution in [3.05, 3.63) is 36.4 Å². The lowest BCUT2D eigenvalue weighted by molar-refractivity contribution is 0.0635. The lowest BCUT2D eigenvalue weighted by Gasteiger charge is -2.19. The third kappa shape index (κ3) is 5.25. The average molecular weight is 315 g/mol. The topological polar surface area (TPSA) is 73.3 Å². The third-order valence-electron chi connectivity index (χ3n) is 2.40. The summed E-state index contributed by atoms with van der Waals surface area (Å²) in [6.07, 6.45) is 2.02. The van der Waals surface area contributed by atoms with Crippen LogP contribution in [0.5, 0.6) is 11.6 Å². The first-order valence-corrected chi connectivity index (χ1v) is 6.78. The summed E-state index contributed by atoms with van der Waals surface area (Å²) >= 11 is 0. The Hall–Kier alpha value is -2.64. The van der Waals surface area contributed by atoms with Crippen LogP contribution in [0.25, 0.3) is 0 Å². The molecule has 1 amide bonds. The van der Waals surface area contributed by atoms with E-state index < -0.39 is 17.5 Å². The summed E-state index contributed by atoms with van der Waals surface area (Å²) in [6, 6.07) is 4.02. The molecular weight excluding hydrogens is 300 g/mol. The van der Waals surface area contributed by atoms with E-state index in [1.54, 1.807) is 20.8 Å². The van der Waals surface area contributed by atoms with E-state index in [0.717, 1.165) is 6.07 Å². The van der Waals surface area contributed by atoms with E-state index in [1.165, 1.54) is 24.5 Å². The van der Waals surface area contributed by atoms with Crippen LogP contribution in [0.4, 0.5) is 15.0 Å². The van der Waals surface area contributed by atoms with E-state index in [-0.39, 0.29) is 22.9 Å². The van der Waals surface area contributed by atoms with E-state index >= 15 is 0 Å². The quantitative estimate of drug-likeness (QED) is 0.881. The molecule has 6 nitrogen and oxygen atoms in total. The van der Waals surface area contributed by atoms with Gasteiger partial charge in [-0.1, -0.05) is 5.46 Å². The minimum atomic E-state index is -0.691. The summed E-state index contributed by atoms with van der Waals surface area (Å²) in [7, 11) is 5.42. The predicted molar refractivity (Wildman–Crippen MR) is 83.8 cm³/mol. The predicted octanol–water partition coefficient (Wildman–Crippen LogP) is 2.55. The molecule has 0 aliphatic heterocycles. The Bertz CT molecular complexity index is 719. The van der Waals surface area contributed by atoms with Gasteiger partial charge in [0.15, 0.2) is 5.82 Å². The molecule has 118 valence electrons. The van der Waals surface area contributed by atoms with Crippen LogP contribution in [-0.4, -0.2) is 29.5 Å². The molecule has 1 N–H and O–H groups in total. The van der Waals surface area contributed by atoms with E-state index in [4.69, 9.17) is 17.3 Å². The van der Waals surface area contributed by atoms with Gasteiger partial charge in [-0.2, -0.15) is 0 Å². The SMILES string of the molecule is [B]c1cnc(Oc2ccnc(NC(=O)OC(C)(C)C)c2)c(F)c1. The molecule has 0 bridgehead atoms. The van der Waals surface area contributed by atoms with Crippen LogP contribution in [0.3, 0.4) is 0 Å². The molecule has 8 heteroatoms. The van der Waals surface area contributed by atoms with Crippen molar-refractivity contribution in [1.29, 1.82) is 0 Å². The van der Waals surface area contributed by atoms with Crippen LogP contribution in [0.1, 0.15) is 20.8 Å². The molecule has 0 spiro atoms. The minimum absolute atomic E-state index is 0.192. The first-order valence-electron chi connectivity index (χ1n) is 6.78. The van der Waals surface area contributed by atoms with Gasteiger partial charge >= 0.3 is 6.09 Å². The molecule has 0 fully saturated rings. The zero-order chi connectivity index (χ0) is 17.0. The Labute approximate surface area is 134 Å². The number of carbonyl (C=O) groups is 1. The Kier molecular flexibility index (Phi) is 4.83. The van der Waals surface area contributed by atoms with Crippen molar-refractivity contribution in [2.45, 2.75) is 26.4 Å². The van der Waals surface area contributed by atoms with Gasteiger partial charge in [0.1, 0.15) is 25.0 Å². The summed E-state index contributed by atoms with van der Waals surface area (Å²) in [5, 5.41) is 2.46. The largest absolute Gasteiger partial charge is 0.444 e. The monoisotopic (exact) mass is 315 g/mol. The van der Waals surface area contributed by atoms with Gasteiger partial charge in [0, 0.05) is 18.5 Å². The van der Waals surface area contributed by atoms with Crippen LogP contribution < -0.4 is 15.5 Å². The van der Waals surface area contributed by atoms with Crippen LogP contribution >= 0.6 is 0 Å². The molecule has 0 atom stereocenters. The summed E-state index contributed by atoms with van der Waals surface area (Å²) in [6.45, 7) is 5.24. The number of pyridine rings is 2. The Morgan fingerprint density at radius 3 is 2.70 bits per heavy atom. The van der Waals surface area contributed by atoms with Gasteiger partial charge in [0.25, 0.3) is 5.88 Å². The zero-order valence-corrected chi connectivity index (χ0v) is 13.0. The van der Waals surface area contributed by atoms with E-state index in [1.807, 2.05) is 0 Å². The molecule has 23 heavy (non-hydrogen) atoms. The highest BCUT2D eigenvalue weighted by atomic mass is 19.1. The highest BCUT2D eigenvalue weighted by Crippen LogP contribution is 2.23. The number of rotatable bonds is 3. The maximum atomic E-state index is 13.7. The number of anilines is 1. The van der Waals surface area contributed by atoms with Crippen molar-refractivity contribution in [2.24, 2.45) is 0 Å². The summed E-state index contributed by atoms with van der Waals surface area (Å²) in [5.74, 6) is -0.466. The molecule has 0 aliphatic carbocycles. The van der Waals surface area contributed by atoms with E-state index in [0.29, 0.717) is 0 Å². The van der Waals surface area contributed by atoms with Crippen molar-refractivity contribution in [1.82, 2.24) is 9.97 Å². The fraction of sp³-hybridized carbons (Fsp3) is 0.267. The second-order valence-corrected chi connectivity index (χ2v) is 5.66. The molecule has 0 saturated carbocycles. The molecule has 0 aromatic carbocycles. The number of ether oxygens (including phenoxy) is 2. The first-order chi connectivity index (χ1) is 10.7. The summed E-state index contributed by atoms with van der Waals surface area (Å²) < 4.78 is 24.1. The zero-order valence-electron chi connectivity index (χ0n) is 13.0. The number of nitrogens with one attached hydrogen (secondary N) is 1. The molecule has 2 heterocycles. The number of nitrogens with zero attached hydrogens (tertiary/aromatic N) is 2. The lowest BCUT2D eigenvalue weighted by atomic mass is 9.99. The van der Waals surface area contributed by atoms with Gasteiger partial charge in [0.2, 0.25) is 0 Å². The van der Waals surface area contributed by atoms with Gasteiger partial charge in [-0.3, -0.25) is 5.32 Å². The van der Waals surface area contributed by atoms with Gasteiger partial charge in [0.05, 0.1) is 0 Å². The number of aromatic nitrogens is 2. The second-order valence-electron chi connectivity index (χ2n) is 5.66. The van der Waals surface area contributed by atoms with Crippen molar-refractivity contribution < 1.29 is 18.7 Å². The van der Waals surface area contributed by atoms with Crippen molar-refractivity contribution in [2.75, 3.05) is 5.32 Å². The standard InChI is InChI=1S/C15H15BFN3O3/c1-15(2,3)23-14(21)20-12-7-10(4-5-18-12)22-13-11(17)6-9(16)8-19-13/h4-8H,1-3H3,(H,18,20,21). The van der Waals surface area contributed by atoms with Crippen LogP contribution in [0, 0.1) is 5.82 Å². The number of carbonyl (C=O) groups excluding carboxylic acids is 1. The molecule has 2 radical (unpaired) electrons. The van der Waals surface area contributed by atoms with Crippen LogP contribution in [-0.2, 0) is 4.74 Å². The average Bonchev–Trinajstić information content (AvgIpc) is 2.40. The Morgan fingerprint density at radius 1 is 1.30 bits per heavy atom. The maximum absolute atomic E-state index is 13.7. The molecule has 0 unspecified atom stereocenters. The van der Waals surface area contributed by atoms with Gasteiger partial charge in [-0.25, -0.2) is 19.2 Å². The molecule has 2 aromatic rings. The highest BCUT2D eigenvalue weighted by Gasteiger charge is 2.17. The molecule has 0 saturated heterocycles. The molecular formula is C15H15BFN3O3. The molecule has 0 aliphatic rings. The minimum Gasteiger partial charge on any atom is -0.444 e. The van der Waals surface area contributed by atoms with Crippen LogP contribution in [0.15, 0.2) is 30.6 Å². The number of amides is 1. The van der Waals surface area contributed by atoms with Crippen molar-refractivity contribution in [3.63, 3.8) is 0 Å². The summed E-state index contributed by atoms with van der Waals surface area (Å²) in [5.41, 5.74) is -0.438. The fourth-order valence-electron chi connectivity index (χ4n) is 1.58. The highest BCUT2D eigenvalue weighted by molar-refractivity contribution is 6.32. The van der Waals surface area contributed by atoms with E-state index in [9.17, 15) is 9.18 Å². The number of hydrogen-bond donors (Lipinski definition) is 1. The van der Waals surface area contributed by atoms with Gasteiger partial charge < -0.3 is 9.47 Å². The van der Waals surface area contributed by atoms with Crippen LogP contribution in [0.2, 0.25) is 0 Å². The number of hydrogen-bond acceptors (Lipinski definition) is 5. The summed E-state index contributed by atoms with van der Waals surface area (Å²) in [4.78, 5) is 19.4. The first kappa shape index (κ1) is 16.7. The van der Waals surface area contributed by atoms with E-state index in [2.05, 4.69) is 15.3 Å². The van der Waals surface area contributed by atoms with Gasteiger partial charge in [-0.15, -0.1) is 0 Å². The van der Waals surface area contributed by atoms with Crippen molar-refractivity contribution >= 4 is 25.2 Å². The lowest BCUT2D eigenvalue weighted by Crippen LogP contribution is -2.27. The normalized spacial score (nSPS) is 11.0. The Morgan fingerprint density at radius 2 is 2.04 bits per heavy atom. The van der Waals surface area contributed by atoms with Gasteiger partial charge in [-0.05, 0) is 32.9 Å². The Balaban J connectivity index is 2.09. The smallest absolute Gasteiger partial charge is 0.413 e. The number of halogens is 1.